The second-order valence-electron chi connectivity index (χ2n) is 7.22. The Morgan fingerprint density at radius 1 is 1.44 bits per heavy atom. The van der Waals surface area contributed by atoms with Gasteiger partial charge in [-0.2, -0.15) is 5.10 Å². The number of carbonyl (C=O) groups excluding carboxylic acids is 1. The van der Waals surface area contributed by atoms with Crippen LogP contribution < -0.4 is 5.32 Å². The number of nitrogens with one attached hydrogen (secondary N) is 2. The van der Waals surface area contributed by atoms with Crippen LogP contribution in [0.4, 0.5) is 0 Å². The summed E-state index contributed by atoms with van der Waals surface area (Å²) in [5, 5.41) is 10.3. The van der Waals surface area contributed by atoms with Gasteiger partial charge in [-0.1, -0.05) is 26.7 Å². The number of imidazole rings is 1. The van der Waals surface area contributed by atoms with E-state index in [1.165, 1.54) is 0 Å². The zero-order valence-electron chi connectivity index (χ0n) is 15.2. The normalized spacial score (nSPS) is 16.5. The van der Waals surface area contributed by atoms with E-state index < -0.39 is 0 Å². The van der Waals surface area contributed by atoms with Crippen molar-refractivity contribution >= 4 is 5.91 Å². The lowest BCUT2D eigenvalue weighted by atomic mass is 9.98. The quantitative estimate of drug-likeness (QED) is 0.807. The Balaban J connectivity index is 1.68. The number of carbonyl (C=O) groups is 1. The average Bonchev–Trinajstić information content (AvgIpc) is 3.29. The topological polar surface area (TPSA) is 84.8 Å². The second kappa shape index (κ2) is 7.39. The summed E-state index contributed by atoms with van der Waals surface area (Å²) < 4.78 is 7.40. The fraction of sp³-hybridized carbons (Fsp3) is 0.611. The van der Waals surface area contributed by atoms with E-state index in [1.807, 2.05) is 12.3 Å². The minimum atomic E-state index is -0.250. The first-order chi connectivity index (χ1) is 12.0. The third kappa shape index (κ3) is 3.92. The van der Waals surface area contributed by atoms with Crippen LogP contribution >= 0.6 is 0 Å². The summed E-state index contributed by atoms with van der Waals surface area (Å²) in [6, 6.07) is 1.81. The molecule has 136 valence electrons. The molecule has 0 atom stereocenters. The average molecular weight is 345 g/mol. The van der Waals surface area contributed by atoms with E-state index in [0.29, 0.717) is 24.8 Å². The molecule has 0 unspecified atom stereocenters. The van der Waals surface area contributed by atoms with Crippen molar-refractivity contribution in [2.45, 2.75) is 57.5 Å². The molecule has 0 radical (unpaired) electrons. The van der Waals surface area contributed by atoms with Crippen LogP contribution in [0.5, 0.6) is 0 Å². The Morgan fingerprint density at radius 2 is 2.20 bits per heavy atom. The van der Waals surface area contributed by atoms with Gasteiger partial charge in [0, 0.05) is 25.4 Å². The summed E-state index contributed by atoms with van der Waals surface area (Å²) in [7, 11) is 1.68. The van der Waals surface area contributed by atoms with Crippen molar-refractivity contribution in [3.8, 4) is 0 Å². The van der Waals surface area contributed by atoms with Crippen molar-refractivity contribution < 1.29 is 9.53 Å². The highest BCUT2D eigenvalue weighted by Crippen LogP contribution is 2.30. The fourth-order valence-corrected chi connectivity index (χ4v) is 3.64. The molecule has 0 saturated heterocycles. The van der Waals surface area contributed by atoms with E-state index in [4.69, 9.17) is 4.74 Å². The molecule has 2 heterocycles. The Labute approximate surface area is 148 Å². The van der Waals surface area contributed by atoms with Gasteiger partial charge >= 0.3 is 0 Å². The Bertz CT molecular complexity index is 713. The third-order valence-corrected chi connectivity index (χ3v) is 4.83. The van der Waals surface area contributed by atoms with Gasteiger partial charge in [0.2, 0.25) is 0 Å². The highest BCUT2D eigenvalue weighted by atomic mass is 16.5. The molecule has 0 spiro atoms. The van der Waals surface area contributed by atoms with E-state index in [9.17, 15) is 4.79 Å². The molecule has 3 rings (SSSR count). The maximum atomic E-state index is 12.6. The van der Waals surface area contributed by atoms with Gasteiger partial charge in [0.15, 0.2) is 0 Å². The van der Waals surface area contributed by atoms with Crippen LogP contribution in [-0.2, 0) is 11.3 Å². The lowest BCUT2D eigenvalue weighted by molar-refractivity contribution is 0.0762. The number of ether oxygens (including phenoxy) is 1. The van der Waals surface area contributed by atoms with Crippen LogP contribution in [0.25, 0.3) is 0 Å². The van der Waals surface area contributed by atoms with Crippen LogP contribution in [-0.4, -0.2) is 44.9 Å². The van der Waals surface area contributed by atoms with E-state index in [1.54, 1.807) is 13.3 Å². The minimum absolute atomic E-state index is 0.142. The molecule has 2 aromatic heterocycles. The predicted octanol–water partition coefficient (Wildman–Crippen LogP) is 2.47. The monoisotopic (exact) mass is 345 g/mol. The van der Waals surface area contributed by atoms with Crippen LogP contribution in [0, 0.1) is 0 Å². The summed E-state index contributed by atoms with van der Waals surface area (Å²) in [4.78, 5) is 17.0. The molecule has 2 aromatic rings. The molecule has 0 aliphatic heterocycles. The van der Waals surface area contributed by atoms with Gasteiger partial charge in [0.1, 0.15) is 11.5 Å². The van der Waals surface area contributed by atoms with Crippen LogP contribution in [0.3, 0.4) is 0 Å². The number of aromatic amines is 1. The number of rotatable bonds is 7. The molecule has 1 fully saturated rings. The van der Waals surface area contributed by atoms with Crippen LogP contribution in [0.15, 0.2) is 18.5 Å². The SMILES string of the molecule is COCC1(NC(=O)c2cc(Cn3ccnc3C(C)C)[nH]n2)CCCC1. The number of amides is 1. The van der Waals surface area contributed by atoms with Crippen LogP contribution in [0.1, 0.15) is 67.5 Å². The minimum Gasteiger partial charge on any atom is -0.382 e. The van der Waals surface area contributed by atoms with Gasteiger partial charge in [-0.05, 0) is 18.9 Å². The Hall–Kier alpha value is -2.15. The molecule has 0 bridgehead atoms. The van der Waals surface area contributed by atoms with Crippen molar-refractivity contribution in [3.63, 3.8) is 0 Å². The largest absolute Gasteiger partial charge is 0.382 e. The molecule has 0 aromatic carbocycles. The third-order valence-electron chi connectivity index (χ3n) is 4.83. The molecule has 7 nitrogen and oxygen atoms in total. The van der Waals surface area contributed by atoms with E-state index >= 15 is 0 Å². The zero-order chi connectivity index (χ0) is 17.9. The number of hydrogen-bond donors (Lipinski definition) is 2. The summed E-state index contributed by atoms with van der Waals surface area (Å²) in [6.07, 6.45) is 7.89. The molecule has 2 N–H and O–H groups in total. The van der Waals surface area contributed by atoms with Gasteiger partial charge in [0.25, 0.3) is 5.91 Å². The standard InChI is InChI=1S/C18H27N5O2/c1-13(2)16-19-8-9-23(16)11-14-10-15(22-21-14)17(24)20-18(12-25-3)6-4-5-7-18/h8-10,13H,4-7,11-12H2,1-3H3,(H,20,24)(H,21,22). The highest BCUT2D eigenvalue weighted by molar-refractivity contribution is 5.92. The van der Waals surface area contributed by atoms with Crippen molar-refractivity contribution in [1.82, 2.24) is 25.1 Å². The number of H-pyrrole nitrogens is 1. The first kappa shape index (κ1) is 17.7. The van der Waals surface area contributed by atoms with Crippen molar-refractivity contribution in [3.05, 3.63) is 35.7 Å². The summed E-state index contributed by atoms with van der Waals surface area (Å²) >= 11 is 0. The van der Waals surface area contributed by atoms with Crippen LogP contribution in [0.2, 0.25) is 0 Å². The van der Waals surface area contributed by atoms with Gasteiger partial charge in [-0.3, -0.25) is 9.89 Å². The fourth-order valence-electron chi connectivity index (χ4n) is 3.64. The zero-order valence-corrected chi connectivity index (χ0v) is 15.2. The molecule has 25 heavy (non-hydrogen) atoms. The lowest BCUT2D eigenvalue weighted by Gasteiger charge is -2.29. The molecule has 1 aliphatic rings. The molecular formula is C18H27N5O2. The van der Waals surface area contributed by atoms with Gasteiger partial charge in [-0.25, -0.2) is 4.98 Å². The smallest absolute Gasteiger partial charge is 0.272 e. The molecular weight excluding hydrogens is 318 g/mol. The van der Waals surface area contributed by atoms with E-state index in [-0.39, 0.29) is 11.4 Å². The highest BCUT2D eigenvalue weighted by Gasteiger charge is 2.36. The maximum absolute atomic E-state index is 12.6. The molecule has 1 saturated carbocycles. The molecule has 1 aliphatic carbocycles. The maximum Gasteiger partial charge on any atom is 0.272 e. The number of methoxy groups -OCH3 is 1. The first-order valence-electron chi connectivity index (χ1n) is 8.90. The Kier molecular flexibility index (Phi) is 5.22. The lowest BCUT2D eigenvalue weighted by Crippen LogP contribution is -2.49. The van der Waals surface area contributed by atoms with Gasteiger partial charge in [-0.15, -0.1) is 0 Å². The van der Waals surface area contributed by atoms with E-state index in [0.717, 1.165) is 37.2 Å². The predicted molar refractivity (Wildman–Crippen MR) is 94.5 cm³/mol. The first-order valence-corrected chi connectivity index (χ1v) is 8.90. The van der Waals surface area contributed by atoms with E-state index in [2.05, 4.69) is 38.9 Å². The molecule has 1 amide bonds. The van der Waals surface area contributed by atoms with Crippen molar-refractivity contribution in [2.24, 2.45) is 0 Å². The second-order valence-corrected chi connectivity index (χ2v) is 7.22. The summed E-state index contributed by atoms with van der Waals surface area (Å²) in [5.41, 5.74) is 1.06. The number of hydrogen-bond acceptors (Lipinski definition) is 4. The summed E-state index contributed by atoms with van der Waals surface area (Å²) in [5.74, 6) is 1.22. The number of nitrogens with zero attached hydrogens (tertiary/aromatic N) is 3. The molecule has 7 heteroatoms. The van der Waals surface area contributed by atoms with Gasteiger partial charge in [0.05, 0.1) is 24.4 Å². The van der Waals surface area contributed by atoms with Crippen molar-refractivity contribution in [1.29, 1.82) is 0 Å². The van der Waals surface area contributed by atoms with Crippen molar-refractivity contribution in [2.75, 3.05) is 13.7 Å². The van der Waals surface area contributed by atoms with Gasteiger partial charge < -0.3 is 14.6 Å². The number of aromatic nitrogens is 4. The Morgan fingerprint density at radius 3 is 2.88 bits per heavy atom. The summed E-state index contributed by atoms with van der Waals surface area (Å²) in [6.45, 7) is 5.39.